The molecular weight excluding hydrogens is 574 g/mol. The fourth-order valence-corrected chi connectivity index (χ4v) is 7.64. The maximum absolute atomic E-state index is 13.3. The highest BCUT2D eigenvalue weighted by Gasteiger charge is 2.29. The summed E-state index contributed by atoms with van der Waals surface area (Å²) in [5, 5.41) is 2.98. The lowest BCUT2D eigenvalue weighted by Gasteiger charge is -2.25. The SMILES string of the molecule is COc1ccc(Cl)cc1S(=O)(=O)N[C@H](Cc1ccccc1)C(=O)NCc1ccc(S(=O)(=O)N2CCCCC2)cc1. The monoisotopic (exact) mass is 605 g/mol. The molecule has 4 rings (SSSR count). The van der Waals surface area contributed by atoms with E-state index in [2.05, 4.69) is 10.0 Å². The summed E-state index contributed by atoms with van der Waals surface area (Å²) < 4.78 is 61.7. The average molecular weight is 606 g/mol. The van der Waals surface area contributed by atoms with E-state index < -0.39 is 32.0 Å². The van der Waals surface area contributed by atoms with E-state index in [0.29, 0.717) is 18.7 Å². The van der Waals surface area contributed by atoms with Gasteiger partial charge in [-0.1, -0.05) is 60.5 Å². The van der Waals surface area contributed by atoms with Crippen molar-refractivity contribution in [2.24, 2.45) is 0 Å². The Bertz CT molecular complexity index is 1530. The third kappa shape index (κ3) is 7.41. The van der Waals surface area contributed by atoms with Crippen LogP contribution in [0.5, 0.6) is 5.75 Å². The fourth-order valence-electron chi connectivity index (χ4n) is 4.49. The summed E-state index contributed by atoms with van der Waals surface area (Å²) in [4.78, 5) is 13.3. The summed E-state index contributed by atoms with van der Waals surface area (Å²) in [6.07, 6.45) is 2.82. The van der Waals surface area contributed by atoms with Crippen molar-refractivity contribution in [1.29, 1.82) is 0 Å². The van der Waals surface area contributed by atoms with E-state index >= 15 is 0 Å². The second-order valence-corrected chi connectivity index (χ2v) is 13.5. The van der Waals surface area contributed by atoms with Crippen molar-refractivity contribution in [2.45, 2.75) is 48.1 Å². The number of piperidine rings is 1. The van der Waals surface area contributed by atoms with Crippen LogP contribution < -0.4 is 14.8 Å². The van der Waals surface area contributed by atoms with Gasteiger partial charge < -0.3 is 10.1 Å². The number of rotatable bonds is 11. The van der Waals surface area contributed by atoms with Crippen molar-refractivity contribution in [2.75, 3.05) is 20.2 Å². The van der Waals surface area contributed by atoms with E-state index in [9.17, 15) is 21.6 Å². The number of ether oxygens (including phenoxy) is 1. The maximum atomic E-state index is 13.3. The number of methoxy groups -OCH3 is 1. The third-order valence-electron chi connectivity index (χ3n) is 6.65. The van der Waals surface area contributed by atoms with Gasteiger partial charge in [0.2, 0.25) is 26.0 Å². The molecule has 1 fully saturated rings. The van der Waals surface area contributed by atoms with E-state index in [1.807, 2.05) is 6.07 Å². The van der Waals surface area contributed by atoms with Gasteiger partial charge in [-0.25, -0.2) is 16.8 Å². The molecule has 3 aromatic rings. The summed E-state index contributed by atoms with van der Waals surface area (Å²) in [7, 11) is -6.41. The smallest absolute Gasteiger partial charge is 0.245 e. The number of hydrogen-bond donors (Lipinski definition) is 2. The number of halogens is 1. The van der Waals surface area contributed by atoms with Crippen LogP contribution in [0, 0.1) is 0 Å². The predicted molar refractivity (Wildman–Crippen MR) is 153 cm³/mol. The quantitative estimate of drug-likeness (QED) is 0.343. The standard InChI is InChI=1S/C28H32ClN3O6S2/c1-38-26-15-12-23(29)19-27(26)39(34,35)31-25(18-21-8-4-2-5-9-21)28(33)30-20-22-10-13-24(14-11-22)40(36,37)32-16-6-3-7-17-32/h2,4-5,8-15,19,25,31H,3,6-7,16-18,20H2,1H3,(H,30,33)/t25-/m1/s1. The molecule has 0 aliphatic carbocycles. The molecule has 214 valence electrons. The van der Waals surface area contributed by atoms with Crippen LogP contribution in [-0.2, 0) is 37.8 Å². The van der Waals surface area contributed by atoms with Crippen LogP contribution in [0.25, 0.3) is 0 Å². The first-order valence-electron chi connectivity index (χ1n) is 12.9. The van der Waals surface area contributed by atoms with Crippen LogP contribution in [0.2, 0.25) is 5.02 Å². The molecule has 1 atom stereocenters. The van der Waals surface area contributed by atoms with Gasteiger partial charge in [0, 0.05) is 24.7 Å². The summed E-state index contributed by atoms with van der Waals surface area (Å²) in [5.41, 5.74) is 1.43. The summed E-state index contributed by atoms with van der Waals surface area (Å²) in [6.45, 7) is 1.11. The number of carbonyl (C=O) groups excluding carboxylic acids is 1. The first-order valence-corrected chi connectivity index (χ1v) is 16.2. The van der Waals surface area contributed by atoms with Gasteiger partial charge in [-0.15, -0.1) is 0 Å². The average Bonchev–Trinajstić information content (AvgIpc) is 2.96. The van der Waals surface area contributed by atoms with Crippen LogP contribution in [0.4, 0.5) is 0 Å². The first kappa shape index (κ1) is 30.0. The molecule has 0 radical (unpaired) electrons. The molecule has 0 aromatic heterocycles. The highest BCUT2D eigenvalue weighted by molar-refractivity contribution is 7.89. The van der Waals surface area contributed by atoms with E-state index in [-0.39, 0.29) is 33.5 Å². The van der Waals surface area contributed by atoms with Gasteiger partial charge in [-0.05, 0) is 60.7 Å². The number of amides is 1. The molecule has 3 aromatic carbocycles. The van der Waals surface area contributed by atoms with Crippen molar-refractivity contribution in [3.05, 3.63) is 88.9 Å². The van der Waals surface area contributed by atoms with E-state index in [1.165, 1.54) is 41.7 Å². The van der Waals surface area contributed by atoms with Crippen LogP contribution >= 0.6 is 11.6 Å². The van der Waals surface area contributed by atoms with Crippen LogP contribution in [0.1, 0.15) is 30.4 Å². The number of nitrogens with one attached hydrogen (secondary N) is 2. The Labute approximate surface area is 240 Å². The Hall–Kier alpha value is -2.96. The molecule has 0 saturated carbocycles. The second kappa shape index (κ2) is 13.1. The largest absolute Gasteiger partial charge is 0.495 e. The molecule has 0 unspecified atom stereocenters. The number of sulfonamides is 2. The lowest BCUT2D eigenvalue weighted by molar-refractivity contribution is -0.122. The van der Waals surface area contributed by atoms with Gasteiger partial charge in [0.1, 0.15) is 16.7 Å². The normalized spacial score (nSPS) is 15.3. The summed E-state index contributed by atoms with van der Waals surface area (Å²) in [6, 6.07) is 18.5. The number of hydrogen-bond acceptors (Lipinski definition) is 6. The van der Waals surface area contributed by atoms with E-state index in [4.69, 9.17) is 16.3 Å². The Balaban J connectivity index is 1.49. The van der Waals surface area contributed by atoms with Gasteiger partial charge in [0.05, 0.1) is 12.0 Å². The Morgan fingerprint density at radius 2 is 1.60 bits per heavy atom. The first-order chi connectivity index (χ1) is 19.1. The maximum Gasteiger partial charge on any atom is 0.245 e. The van der Waals surface area contributed by atoms with E-state index in [0.717, 1.165) is 24.8 Å². The van der Waals surface area contributed by atoms with Crippen LogP contribution in [-0.4, -0.2) is 53.3 Å². The predicted octanol–water partition coefficient (Wildman–Crippen LogP) is 3.73. The zero-order chi connectivity index (χ0) is 28.8. The highest BCUT2D eigenvalue weighted by atomic mass is 35.5. The molecule has 0 bridgehead atoms. The van der Waals surface area contributed by atoms with Crippen LogP contribution in [0.3, 0.4) is 0 Å². The molecule has 1 aliphatic rings. The minimum absolute atomic E-state index is 0.0797. The van der Waals surface area contributed by atoms with Crippen LogP contribution in [0.15, 0.2) is 82.6 Å². The second-order valence-electron chi connectivity index (χ2n) is 9.49. The molecule has 1 amide bonds. The van der Waals surface area contributed by atoms with Gasteiger partial charge >= 0.3 is 0 Å². The van der Waals surface area contributed by atoms with Crippen molar-refractivity contribution in [1.82, 2.24) is 14.3 Å². The molecule has 0 spiro atoms. The van der Waals surface area contributed by atoms with Gasteiger partial charge in [0.15, 0.2) is 0 Å². The lowest BCUT2D eigenvalue weighted by Crippen LogP contribution is -2.47. The molecular formula is C28H32ClN3O6S2. The lowest BCUT2D eigenvalue weighted by atomic mass is 10.1. The van der Waals surface area contributed by atoms with Gasteiger partial charge in [0.25, 0.3) is 0 Å². The third-order valence-corrected chi connectivity index (χ3v) is 10.3. The van der Waals surface area contributed by atoms with Gasteiger partial charge in [-0.3, -0.25) is 4.79 Å². The fraction of sp³-hybridized carbons (Fsp3) is 0.321. The number of benzene rings is 3. The molecule has 40 heavy (non-hydrogen) atoms. The minimum Gasteiger partial charge on any atom is -0.495 e. The zero-order valence-electron chi connectivity index (χ0n) is 22.0. The summed E-state index contributed by atoms with van der Waals surface area (Å²) >= 11 is 6.04. The molecule has 9 nitrogen and oxygen atoms in total. The highest BCUT2D eigenvalue weighted by Crippen LogP contribution is 2.27. The molecule has 1 saturated heterocycles. The number of carbonyl (C=O) groups is 1. The Morgan fingerprint density at radius 1 is 0.925 bits per heavy atom. The Kier molecular flexibility index (Phi) is 9.85. The molecule has 1 aliphatic heterocycles. The molecule has 2 N–H and O–H groups in total. The van der Waals surface area contributed by atoms with Gasteiger partial charge in [-0.2, -0.15) is 9.03 Å². The topological polar surface area (TPSA) is 122 Å². The van der Waals surface area contributed by atoms with Crippen molar-refractivity contribution in [3.8, 4) is 5.75 Å². The zero-order valence-corrected chi connectivity index (χ0v) is 24.4. The van der Waals surface area contributed by atoms with Crippen molar-refractivity contribution in [3.63, 3.8) is 0 Å². The van der Waals surface area contributed by atoms with Crippen molar-refractivity contribution >= 4 is 37.6 Å². The summed E-state index contributed by atoms with van der Waals surface area (Å²) in [5.74, 6) is -0.450. The van der Waals surface area contributed by atoms with Crippen molar-refractivity contribution < 1.29 is 26.4 Å². The molecule has 1 heterocycles. The minimum atomic E-state index is -4.20. The Morgan fingerprint density at radius 3 is 2.25 bits per heavy atom. The van der Waals surface area contributed by atoms with E-state index in [1.54, 1.807) is 36.4 Å². The number of nitrogens with zero attached hydrogens (tertiary/aromatic N) is 1. The molecule has 12 heteroatoms.